The van der Waals surface area contributed by atoms with Crippen molar-refractivity contribution in [2.45, 2.75) is 56.8 Å². The van der Waals surface area contributed by atoms with E-state index >= 15 is 0 Å². The number of hydrogen-bond donors (Lipinski definition) is 1. The summed E-state index contributed by atoms with van der Waals surface area (Å²) in [6.45, 7) is 3.86. The van der Waals surface area contributed by atoms with Crippen LogP contribution in [0.4, 0.5) is 0 Å². The molecule has 0 radical (unpaired) electrons. The highest BCUT2D eigenvalue weighted by Crippen LogP contribution is 2.46. The summed E-state index contributed by atoms with van der Waals surface area (Å²) < 4.78 is 11.9. The number of unbranched alkanes of at least 4 members (excludes halogenated alkanes) is 4. The molecule has 28 heavy (non-hydrogen) atoms. The van der Waals surface area contributed by atoms with Crippen molar-refractivity contribution in [1.82, 2.24) is 4.90 Å². The molecule has 1 aromatic carbocycles. The van der Waals surface area contributed by atoms with E-state index in [2.05, 4.69) is 17.0 Å². The van der Waals surface area contributed by atoms with Crippen LogP contribution >= 0.6 is 0 Å². The zero-order valence-corrected chi connectivity index (χ0v) is 16.5. The summed E-state index contributed by atoms with van der Waals surface area (Å²) in [5, 5.41) is 17.4. The Labute approximate surface area is 167 Å². The van der Waals surface area contributed by atoms with Crippen LogP contribution in [0, 0.1) is 11.3 Å². The second-order valence-electron chi connectivity index (χ2n) is 7.88. The Kier molecular flexibility index (Phi) is 7.16. The second-order valence-corrected chi connectivity index (χ2v) is 7.88. The summed E-state index contributed by atoms with van der Waals surface area (Å²) in [7, 11) is 0. The number of carbonyl (C=O) groups is 1. The van der Waals surface area contributed by atoms with Crippen molar-refractivity contribution < 1.29 is 19.4 Å². The van der Waals surface area contributed by atoms with E-state index in [4.69, 9.17) is 19.8 Å². The molecule has 0 aromatic heterocycles. The van der Waals surface area contributed by atoms with Gasteiger partial charge in [-0.25, -0.2) is 0 Å². The molecule has 0 amide bonds. The first-order valence-corrected chi connectivity index (χ1v) is 10.3. The van der Waals surface area contributed by atoms with Crippen LogP contribution in [0.3, 0.4) is 0 Å². The normalized spacial score (nSPS) is 17.7. The summed E-state index contributed by atoms with van der Waals surface area (Å²) >= 11 is 0. The number of carboxylic acids is 1. The molecule has 2 aliphatic heterocycles. The number of aliphatic carboxylic acids is 1. The third kappa shape index (κ3) is 5.17. The van der Waals surface area contributed by atoms with Crippen LogP contribution in [-0.4, -0.2) is 48.8 Å². The Morgan fingerprint density at radius 1 is 1.25 bits per heavy atom. The number of nitrogens with zero attached hydrogens (tertiary/aromatic N) is 2. The molecule has 1 fully saturated rings. The van der Waals surface area contributed by atoms with E-state index in [9.17, 15) is 4.79 Å². The first-order valence-electron chi connectivity index (χ1n) is 10.3. The molecule has 6 heteroatoms. The Morgan fingerprint density at radius 2 is 2.04 bits per heavy atom. The third-order valence-corrected chi connectivity index (χ3v) is 5.94. The minimum atomic E-state index is -0.732. The SMILES string of the molecule is N#CCCCCCCOc1ccc2c(c1)OCC21CCN(CCC(=O)O)CC1. The molecule has 6 nitrogen and oxygen atoms in total. The van der Waals surface area contributed by atoms with Gasteiger partial charge in [0.2, 0.25) is 0 Å². The number of piperidine rings is 1. The van der Waals surface area contributed by atoms with E-state index in [1.54, 1.807) is 0 Å². The highest BCUT2D eigenvalue weighted by Gasteiger charge is 2.43. The van der Waals surface area contributed by atoms with E-state index in [0.717, 1.165) is 63.1 Å². The largest absolute Gasteiger partial charge is 0.493 e. The van der Waals surface area contributed by atoms with Crippen LogP contribution in [0.2, 0.25) is 0 Å². The van der Waals surface area contributed by atoms with Gasteiger partial charge >= 0.3 is 5.97 Å². The van der Waals surface area contributed by atoms with Gasteiger partial charge in [-0.3, -0.25) is 4.79 Å². The van der Waals surface area contributed by atoms with Crippen molar-refractivity contribution in [3.8, 4) is 17.6 Å². The lowest BCUT2D eigenvalue weighted by Crippen LogP contribution is -2.44. The molecule has 1 aromatic rings. The molecular formula is C22H30N2O4. The van der Waals surface area contributed by atoms with E-state index < -0.39 is 5.97 Å². The highest BCUT2D eigenvalue weighted by atomic mass is 16.5. The number of ether oxygens (including phenoxy) is 2. The number of nitriles is 1. The second kappa shape index (κ2) is 9.79. The van der Waals surface area contributed by atoms with Gasteiger partial charge in [-0.2, -0.15) is 5.26 Å². The molecule has 152 valence electrons. The predicted octanol–water partition coefficient (Wildman–Crippen LogP) is 3.74. The number of likely N-dealkylation sites (tertiary alicyclic amines) is 1. The van der Waals surface area contributed by atoms with Gasteiger partial charge in [0.25, 0.3) is 0 Å². The zero-order chi connectivity index (χ0) is 19.8. The molecule has 2 aliphatic rings. The standard InChI is InChI=1S/C22H30N2O4/c23-11-4-2-1-3-5-15-27-18-6-7-19-20(16-18)28-17-22(19)9-13-24(14-10-22)12-8-21(25)26/h6-7,16H,1-5,8-10,12-15,17H2,(H,25,26). The monoisotopic (exact) mass is 386 g/mol. The van der Waals surface area contributed by atoms with Crippen LogP contribution in [0.5, 0.6) is 11.5 Å². The lowest BCUT2D eigenvalue weighted by molar-refractivity contribution is -0.137. The van der Waals surface area contributed by atoms with Crippen molar-refractivity contribution >= 4 is 5.97 Å². The van der Waals surface area contributed by atoms with Crippen LogP contribution in [-0.2, 0) is 10.2 Å². The van der Waals surface area contributed by atoms with Gasteiger partial charge < -0.3 is 19.5 Å². The van der Waals surface area contributed by atoms with Crippen LogP contribution in [0.15, 0.2) is 18.2 Å². The number of benzene rings is 1. The number of hydrogen-bond acceptors (Lipinski definition) is 5. The molecular weight excluding hydrogens is 356 g/mol. The van der Waals surface area contributed by atoms with Crippen molar-refractivity contribution in [3.05, 3.63) is 23.8 Å². The van der Waals surface area contributed by atoms with Crippen molar-refractivity contribution in [2.75, 3.05) is 32.8 Å². The minimum Gasteiger partial charge on any atom is -0.493 e. The number of rotatable bonds is 10. The van der Waals surface area contributed by atoms with Gasteiger partial charge in [-0.05, 0) is 44.8 Å². The fraction of sp³-hybridized carbons (Fsp3) is 0.636. The maximum absolute atomic E-state index is 10.8. The van der Waals surface area contributed by atoms with E-state index in [0.29, 0.717) is 26.2 Å². The quantitative estimate of drug-likeness (QED) is 0.617. The topological polar surface area (TPSA) is 82.8 Å². The molecule has 0 atom stereocenters. The molecule has 0 saturated carbocycles. The maximum Gasteiger partial charge on any atom is 0.304 e. The highest BCUT2D eigenvalue weighted by molar-refractivity contribution is 5.66. The van der Waals surface area contributed by atoms with Gasteiger partial charge in [0.1, 0.15) is 11.5 Å². The Hall–Kier alpha value is -2.26. The number of carboxylic acid groups (broad SMARTS) is 1. The fourth-order valence-electron chi connectivity index (χ4n) is 4.17. The summed E-state index contributed by atoms with van der Waals surface area (Å²) in [5.41, 5.74) is 1.34. The van der Waals surface area contributed by atoms with Crippen LogP contribution in [0.25, 0.3) is 0 Å². The number of fused-ring (bicyclic) bond motifs is 2. The van der Waals surface area contributed by atoms with Crippen molar-refractivity contribution in [3.63, 3.8) is 0 Å². The van der Waals surface area contributed by atoms with E-state index in [1.807, 2.05) is 12.1 Å². The fourth-order valence-corrected chi connectivity index (χ4v) is 4.17. The van der Waals surface area contributed by atoms with Gasteiger partial charge in [0, 0.05) is 30.0 Å². The van der Waals surface area contributed by atoms with Gasteiger partial charge in [-0.1, -0.05) is 18.9 Å². The smallest absolute Gasteiger partial charge is 0.304 e. The summed E-state index contributed by atoms with van der Waals surface area (Å²) in [5.74, 6) is 1.06. The summed E-state index contributed by atoms with van der Waals surface area (Å²) in [6, 6.07) is 8.38. The van der Waals surface area contributed by atoms with Crippen LogP contribution in [0.1, 0.15) is 56.9 Å². The van der Waals surface area contributed by atoms with Crippen molar-refractivity contribution in [2.24, 2.45) is 0 Å². The average molecular weight is 386 g/mol. The molecule has 0 bridgehead atoms. The molecule has 1 N–H and O–H groups in total. The molecule has 0 unspecified atom stereocenters. The summed E-state index contributed by atoms with van der Waals surface area (Å²) in [6.07, 6.45) is 6.99. The predicted molar refractivity (Wildman–Crippen MR) is 106 cm³/mol. The molecule has 1 spiro atoms. The van der Waals surface area contributed by atoms with Gasteiger partial charge in [0.05, 0.1) is 25.7 Å². The molecule has 0 aliphatic carbocycles. The molecule has 3 rings (SSSR count). The molecule has 1 saturated heterocycles. The minimum absolute atomic E-state index is 0.0638. The summed E-state index contributed by atoms with van der Waals surface area (Å²) in [4.78, 5) is 13.0. The van der Waals surface area contributed by atoms with Crippen LogP contribution < -0.4 is 9.47 Å². The van der Waals surface area contributed by atoms with E-state index in [-0.39, 0.29) is 11.8 Å². The molecule has 2 heterocycles. The first kappa shape index (κ1) is 20.5. The Bertz CT molecular complexity index is 705. The van der Waals surface area contributed by atoms with Gasteiger partial charge in [-0.15, -0.1) is 0 Å². The lowest BCUT2D eigenvalue weighted by Gasteiger charge is -2.38. The van der Waals surface area contributed by atoms with Gasteiger partial charge in [0.15, 0.2) is 0 Å². The van der Waals surface area contributed by atoms with Crippen molar-refractivity contribution in [1.29, 1.82) is 5.26 Å². The third-order valence-electron chi connectivity index (χ3n) is 5.94. The lowest BCUT2D eigenvalue weighted by atomic mass is 9.74. The maximum atomic E-state index is 10.8. The average Bonchev–Trinajstić information content (AvgIpc) is 3.04. The first-order chi connectivity index (χ1) is 13.6. The Morgan fingerprint density at radius 3 is 2.79 bits per heavy atom. The van der Waals surface area contributed by atoms with E-state index in [1.165, 1.54) is 5.56 Å². The Balaban J connectivity index is 1.47. The zero-order valence-electron chi connectivity index (χ0n) is 16.5.